The predicted molar refractivity (Wildman–Crippen MR) is 69.6 cm³/mol. The normalized spacial score (nSPS) is 10.6. The largest absolute Gasteiger partial charge is 0.459 e. The SMILES string of the molecule is CNCCNC(=O)Cc1nc(-c2ccco2)oc1C. The lowest BCUT2D eigenvalue weighted by atomic mass is 10.2. The first-order valence-electron chi connectivity index (χ1n) is 6.12. The molecule has 2 aromatic heterocycles. The molecule has 0 aliphatic carbocycles. The van der Waals surface area contributed by atoms with Crippen LogP contribution in [0, 0.1) is 6.92 Å². The van der Waals surface area contributed by atoms with Gasteiger partial charge in [-0.15, -0.1) is 0 Å². The summed E-state index contributed by atoms with van der Waals surface area (Å²) in [5.74, 6) is 1.53. The third kappa shape index (κ3) is 3.45. The van der Waals surface area contributed by atoms with E-state index in [0.717, 1.165) is 6.54 Å². The molecule has 1 amide bonds. The van der Waals surface area contributed by atoms with Crippen molar-refractivity contribution in [1.29, 1.82) is 0 Å². The molecule has 0 aliphatic rings. The molecule has 6 nitrogen and oxygen atoms in total. The van der Waals surface area contributed by atoms with E-state index >= 15 is 0 Å². The first-order chi connectivity index (χ1) is 9.20. The lowest BCUT2D eigenvalue weighted by Crippen LogP contribution is -2.31. The van der Waals surface area contributed by atoms with E-state index < -0.39 is 0 Å². The minimum absolute atomic E-state index is 0.0716. The summed E-state index contributed by atoms with van der Waals surface area (Å²) < 4.78 is 10.7. The zero-order valence-corrected chi connectivity index (χ0v) is 11.0. The number of oxazole rings is 1. The highest BCUT2D eigenvalue weighted by atomic mass is 16.4. The molecule has 0 unspecified atom stereocenters. The molecule has 0 radical (unpaired) electrons. The van der Waals surface area contributed by atoms with Gasteiger partial charge in [0.2, 0.25) is 5.91 Å². The van der Waals surface area contributed by atoms with E-state index in [1.807, 2.05) is 7.05 Å². The number of hydrogen-bond donors (Lipinski definition) is 2. The summed E-state index contributed by atoms with van der Waals surface area (Å²) in [6.07, 6.45) is 1.76. The number of amides is 1. The second kappa shape index (κ2) is 6.19. The smallest absolute Gasteiger partial charge is 0.263 e. The minimum Gasteiger partial charge on any atom is -0.459 e. The zero-order valence-electron chi connectivity index (χ0n) is 11.0. The topological polar surface area (TPSA) is 80.3 Å². The second-order valence-corrected chi connectivity index (χ2v) is 4.13. The maximum absolute atomic E-state index is 11.7. The van der Waals surface area contributed by atoms with Gasteiger partial charge in [0.15, 0.2) is 5.76 Å². The van der Waals surface area contributed by atoms with Gasteiger partial charge >= 0.3 is 0 Å². The number of likely N-dealkylation sites (N-methyl/N-ethyl adjacent to an activating group) is 1. The Bertz CT molecular complexity index is 531. The van der Waals surface area contributed by atoms with E-state index in [1.54, 1.807) is 25.3 Å². The summed E-state index contributed by atoms with van der Waals surface area (Å²) in [6, 6.07) is 3.53. The molecule has 19 heavy (non-hydrogen) atoms. The van der Waals surface area contributed by atoms with Gasteiger partial charge in [0.25, 0.3) is 5.89 Å². The lowest BCUT2D eigenvalue weighted by molar-refractivity contribution is -0.120. The van der Waals surface area contributed by atoms with Gasteiger partial charge in [0, 0.05) is 13.1 Å². The van der Waals surface area contributed by atoms with Gasteiger partial charge in [-0.2, -0.15) is 0 Å². The summed E-state index contributed by atoms with van der Waals surface area (Å²) in [5.41, 5.74) is 0.633. The summed E-state index contributed by atoms with van der Waals surface area (Å²) in [7, 11) is 1.84. The number of nitrogens with one attached hydrogen (secondary N) is 2. The van der Waals surface area contributed by atoms with Crippen LogP contribution in [0.4, 0.5) is 0 Å². The van der Waals surface area contributed by atoms with Crippen LogP contribution in [0.5, 0.6) is 0 Å². The van der Waals surface area contributed by atoms with Crippen molar-refractivity contribution in [3.63, 3.8) is 0 Å². The highest BCUT2D eigenvalue weighted by molar-refractivity contribution is 5.78. The van der Waals surface area contributed by atoms with Crippen molar-refractivity contribution in [2.75, 3.05) is 20.1 Å². The molecule has 2 rings (SSSR count). The zero-order chi connectivity index (χ0) is 13.7. The van der Waals surface area contributed by atoms with Gasteiger partial charge in [-0.1, -0.05) is 0 Å². The maximum atomic E-state index is 11.7. The van der Waals surface area contributed by atoms with Crippen LogP contribution in [0.3, 0.4) is 0 Å². The average molecular weight is 263 g/mol. The van der Waals surface area contributed by atoms with Crippen molar-refractivity contribution >= 4 is 5.91 Å². The molecule has 0 aromatic carbocycles. The molecule has 0 aliphatic heterocycles. The van der Waals surface area contributed by atoms with E-state index in [-0.39, 0.29) is 12.3 Å². The summed E-state index contributed by atoms with van der Waals surface area (Å²) in [6.45, 7) is 3.12. The number of hydrogen-bond acceptors (Lipinski definition) is 5. The van der Waals surface area contributed by atoms with E-state index in [9.17, 15) is 4.79 Å². The molecular formula is C13H17N3O3. The third-order valence-corrected chi connectivity index (χ3v) is 2.65. The maximum Gasteiger partial charge on any atom is 0.263 e. The second-order valence-electron chi connectivity index (χ2n) is 4.13. The molecular weight excluding hydrogens is 246 g/mol. The number of furan rings is 1. The van der Waals surface area contributed by atoms with Crippen LogP contribution in [0.15, 0.2) is 27.2 Å². The summed E-state index contributed by atoms with van der Waals surface area (Å²) in [5, 5.41) is 5.76. The Morgan fingerprint density at radius 3 is 2.95 bits per heavy atom. The van der Waals surface area contributed by atoms with Crippen LogP contribution in [-0.4, -0.2) is 31.0 Å². The van der Waals surface area contributed by atoms with Crippen LogP contribution in [0.25, 0.3) is 11.7 Å². The van der Waals surface area contributed by atoms with Gasteiger partial charge in [-0.25, -0.2) is 4.98 Å². The molecule has 2 heterocycles. The van der Waals surface area contributed by atoms with Gasteiger partial charge in [0.1, 0.15) is 5.76 Å². The molecule has 0 saturated carbocycles. The standard InChI is InChI=1S/C13H17N3O3/c1-9-10(8-12(17)15-6-5-14-2)16-13(19-9)11-4-3-7-18-11/h3-4,7,14H,5-6,8H2,1-2H3,(H,15,17). The Balaban J connectivity index is 1.99. The van der Waals surface area contributed by atoms with Crippen molar-refractivity contribution in [3.05, 3.63) is 29.9 Å². The fraction of sp³-hybridized carbons (Fsp3) is 0.385. The first kappa shape index (κ1) is 13.4. The van der Waals surface area contributed by atoms with Crippen molar-refractivity contribution in [3.8, 4) is 11.7 Å². The number of aromatic nitrogens is 1. The van der Waals surface area contributed by atoms with Crippen LogP contribution in [0.1, 0.15) is 11.5 Å². The number of carbonyl (C=O) groups excluding carboxylic acids is 1. The summed E-state index contributed by atoms with van der Waals surface area (Å²) >= 11 is 0. The number of aryl methyl sites for hydroxylation is 1. The Labute approximate surface area is 111 Å². The van der Waals surface area contributed by atoms with E-state index in [1.165, 1.54) is 0 Å². The van der Waals surface area contributed by atoms with E-state index in [2.05, 4.69) is 15.6 Å². The molecule has 0 atom stereocenters. The fourth-order valence-corrected chi connectivity index (χ4v) is 1.64. The quantitative estimate of drug-likeness (QED) is 0.763. The van der Waals surface area contributed by atoms with Gasteiger partial charge < -0.3 is 19.5 Å². The number of carbonyl (C=O) groups is 1. The first-order valence-corrected chi connectivity index (χ1v) is 6.12. The highest BCUT2D eigenvalue weighted by Crippen LogP contribution is 2.22. The average Bonchev–Trinajstić information content (AvgIpc) is 3.00. The molecule has 0 saturated heterocycles. The number of nitrogens with zero attached hydrogens (tertiary/aromatic N) is 1. The Morgan fingerprint density at radius 1 is 1.42 bits per heavy atom. The van der Waals surface area contributed by atoms with Crippen molar-refractivity contribution in [2.24, 2.45) is 0 Å². The molecule has 102 valence electrons. The molecule has 0 spiro atoms. The molecule has 6 heteroatoms. The fourth-order valence-electron chi connectivity index (χ4n) is 1.64. The summed E-state index contributed by atoms with van der Waals surface area (Å²) in [4.78, 5) is 16.0. The van der Waals surface area contributed by atoms with Crippen molar-refractivity contribution in [2.45, 2.75) is 13.3 Å². The van der Waals surface area contributed by atoms with Gasteiger partial charge in [-0.3, -0.25) is 4.79 Å². The monoisotopic (exact) mass is 263 g/mol. The number of rotatable bonds is 6. The van der Waals surface area contributed by atoms with Crippen molar-refractivity contribution in [1.82, 2.24) is 15.6 Å². The Hall–Kier alpha value is -2.08. The Morgan fingerprint density at radius 2 is 2.26 bits per heavy atom. The van der Waals surface area contributed by atoms with Gasteiger partial charge in [0.05, 0.1) is 18.4 Å². The Kier molecular flexibility index (Phi) is 4.35. The van der Waals surface area contributed by atoms with E-state index in [0.29, 0.717) is 29.6 Å². The van der Waals surface area contributed by atoms with Crippen LogP contribution >= 0.6 is 0 Å². The minimum atomic E-state index is -0.0716. The van der Waals surface area contributed by atoms with Crippen molar-refractivity contribution < 1.29 is 13.6 Å². The molecule has 0 bridgehead atoms. The lowest BCUT2D eigenvalue weighted by Gasteiger charge is -2.02. The third-order valence-electron chi connectivity index (χ3n) is 2.65. The van der Waals surface area contributed by atoms with Crippen LogP contribution in [0.2, 0.25) is 0 Å². The highest BCUT2D eigenvalue weighted by Gasteiger charge is 2.15. The van der Waals surface area contributed by atoms with Crippen LogP contribution in [-0.2, 0) is 11.2 Å². The predicted octanol–water partition coefficient (Wildman–Crippen LogP) is 1.12. The van der Waals surface area contributed by atoms with Gasteiger partial charge in [-0.05, 0) is 26.1 Å². The molecule has 0 fully saturated rings. The van der Waals surface area contributed by atoms with E-state index in [4.69, 9.17) is 8.83 Å². The molecule has 2 aromatic rings. The van der Waals surface area contributed by atoms with Crippen LogP contribution < -0.4 is 10.6 Å². The molecule has 2 N–H and O–H groups in total.